The predicted octanol–water partition coefficient (Wildman–Crippen LogP) is 5.83. The maximum Gasteiger partial charge on any atom is 0.172 e. The molecule has 5 rings (SSSR count). The third-order valence-corrected chi connectivity index (χ3v) is 7.12. The molecule has 1 unspecified atom stereocenters. The maximum atomic E-state index is 10.7. The van der Waals surface area contributed by atoms with Crippen LogP contribution in [-0.4, -0.2) is 29.5 Å². The van der Waals surface area contributed by atoms with Crippen LogP contribution < -0.4 is 14.8 Å². The molecule has 32 heavy (non-hydrogen) atoms. The topological polar surface area (TPSA) is 71.0 Å². The van der Waals surface area contributed by atoms with E-state index in [-0.39, 0.29) is 24.0 Å². The van der Waals surface area contributed by atoms with Crippen LogP contribution in [0, 0.1) is 5.41 Å². The van der Waals surface area contributed by atoms with Crippen molar-refractivity contribution >= 4 is 11.3 Å². The van der Waals surface area contributed by atoms with Gasteiger partial charge in [0.05, 0.1) is 24.8 Å². The Morgan fingerprint density at radius 2 is 1.97 bits per heavy atom. The highest BCUT2D eigenvalue weighted by atomic mass is 16.5. The van der Waals surface area contributed by atoms with Crippen LogP contribution in [-0.2, 0) is 0 Å². The zero-order chi connectivity index (χ0) is 22.7. The highest BCUT2D eigenvalue weighted by molar-refractivity contribution is 5.92. The summed E-state index contributed by atoms with van der Waals surface area (Å²) in [5.74, 6) is 1.17. The van der Waals surface area contributed by atoms with E-state index in [9.17, 15) is 10.2 Å². The molecule has 0 spiro atoms. The molecule has 168 valence electrons. The van der Waals surface area contributed by atoms with Gasteiger partial charge in [-0.05, 0) is 69.4 Å². The fourth-order valence-electron chi connectivity index (χ4n) is 5.74. The second kappa shape index (κ2) is 7.31. The van der Waals surface area contributed by atoms with E-state index in [2.05, 4.69) is 56.4 Å². The SMILES string of the molecule is COc1c(O)ccc2c1-c1ccc3c(c1[C@@H](C1(CO)CC=CCC1)O2)C(C)=CC(C)(C)N3. The zero-order valence-corrected chi connectivity index (χ0v) is 19.2. The number of aliphatic hydroxyl groups is 1. The number of ether oxygens (including phenoxy) is 2. The molecule has 0 fully saturated rings. The van der Waals surface area contributed by atoms with Crippen LogP contribution in [0.2, 0.25) is 0 Å². The molecule has 0 aromatic heterocycles. The summed E-state index contributed by atoms with van der Waals surface area (Å²) in [5.41, 5.74) is 5.57. The lowest BCUT2D eigenvalue weighted by Gasteiger charge is -2.45. The van der Waals surface area contributed by atoms with Gasteiger partial charge >= 0.3 is 0 Å². The minimum Gasteiger partial charge on any atom is -0.504 e. The summed E-state index contributed by atoms with van der Waals surface area (Å²) < 4.78 is 12.3. The molecule has 0 bridgehead atoms. The molecule has 2 aliphatic heterocycles. The number of methoxy groups -OCH3 is 1. The van der Waals surface area contributed by atoms with E-state index >= 15 is 0 Å². The monoisotopic (exact) mass is 433 g/mol. The van der Waals surface area contributed by atoms with E-state index in [1.807, 2.05) is 0 Å². The Morgan fingerprint density at radius 3 is 2.66 bits per heavy atom. The number of phenolic OH excluding ortho intramolecular Hbond substituents is 1. The molecule has 5 nitrogen and oxygen atoms in total. The fraction of sp³-hybridized carbons (Fsp3) is 0.407. The molecule has 2 atom stereocenters. The molecular weight excluding hydrogens is 402 g/mol. The quantitative estimate of drug-likeness (QED) is 0.532. The van der Waals surface area contributed by atoms with Gasteiger partial charge < -0.3 is 25.0 Å². The number of phenols is 1. The van der Waals surface area contributed by atoms with Gasteiger partial charge in [0, 0.05) is 22.2 Å². The van der Waals surface area contributed by atoms with Gasteiger partial charge in [0.15, 0.2) is 11.5 Å². The van der Waals surface area contributed by atoms with Crippen molar-refractivity contribution in [2.45, 2.75) is 51.7 Å². The number of benzene rings is 2. The molecule has 0 saturated carbocycles. The normalized spacial score (nSPS) is 24.9. The van der Waals surface area contributed by atoms with Gasteiger partial charge in [0.25, 0.3) is 0 Å². The highest BCUT2D eigenvalue weighted by Crippen LogP contribution is 2.59. The van der Waals surface area contributed by atoms with Gasteiger partial charge in [-0.3, -0.25) is 0 Å². The molecule has 1 aliphatic carbocycles. The first-order valence-electron chi connectivity index (χ1n) is 11.3. The van der Waals surface area contributed by atoms with Crippen LogP contribution in [0.5, 0.6) is 17.2 Å². The van der Waals surface area contributed by atoms with Crippen LogP contribution in [0.3, 0.4) is 0 Å². The number of anilines is 1. The Bertz CT molecular complexity index is 1150. The lowest BCUT2D eigenvalue weighted by Crippen LogP contribution is -2.40. The average molecular weight is 434 g/mol. The van der Waals surface area contributed by atoms with Crippen molar-refractivity contribution in [1.29, 1.82) is 0 Å². The molecule has 0 amide bonds. The number of hydrogen-bond donors (Lipinski definition) is 3. The van der Waals surface area contributed by atoms with Crippen LogP contribution in [0.4, 0.5) is 5.69 Å². The molecule has 2 heterocycles. The number of rotatable bonds is 3. The first-order chi connectivity index (χ1) is 15.3. The lowest BCUT2D eigenvalue weighted by atomic mass is 9.67. The summed E-state index contributed by atoms with van der Waals surface area (Å²) >= 11 is 0. The molecule has 3 N–H and O–H groups in total. The van der Waals surface area contributed by atoms with Crippen molar-refractivity contribution in [3.8, 4) is 28.4 Å². The largest absolute Gasteiger partial charge is 0.504 e. The van der Waals surface area contributed by atoms with E-state index in [1.165, 1.54) is 5.57 Å². The van der Waals surface area contributed by atoms with Crippen molar-refractivity contribution in [1.82, 2.24) is 0 Å². The Hall–Kier alpha value is -2.92. The van der Waals surface area contributed by atoms with Gasteiger partial charge in [-0.15, -0.1) is 0 Å². The van der Waals surface area contributed by atoms with Crippen molar-refractivity contribution < 1.29 is 19.7 Å². The van der Waals surface area contributed by atoms with Crippen molar-refractivity contribution in [3.05, 3.63) is 53.6 Å². The fourth-order valence-corrected chi connectivity index (χ4v) is 5.74. The molecular formula is C27H31NO4. The summed E-state index contributed by atoms with van der Waals surface area (Å²) in [7, 11) is 1.57. The minimum absolute atomic E-state index is 0.0390. The summed E-state index contributed by atoms with van der Waals surface area (Å²) in [6.07, 6.45) is 8.78. The van der Waals surface area contributed by atoms with Crippen molar-refractivity contribution in [2.75, 3.05) is 19.0 Å². The van der Waals surface area contributed by atoms with Crippen molar-refractivity contribution in [2.24, 2.45) is 5.41 Å². The summed E-state index contributed by atoms with van der Waals surface area (Å²) in [4.78, 5) is 0. The number of aliphatic hydroxyl groups excluding tert-OH is 1. The summed E-state index contributed by atoms with van der Waals surface area (Å²) in [5, 5.41) is 24.8. The Labute approximate surface area is 189 Å². The molecule has 3 aliphatic rings. The zero-order valence-electron chi connectivity index (χ0n) is 19.2. The molecule has 2 aromatic carbocycles. The Morgan fingerprint density at radius 1 is 1.16 bits per heavy atom. The highest BCUT2D eigenvalue weighted by Gasteiger charge is 2.47. The van der Waals surface area contributed by atoms with E-state index in [0.717, 1.165) is 47.2 Å². The number of nitrogens with one attached hydrogen (secondary N) is 1. The number of aromatic hydroxyl groups is 1. The van der Waals surface area contributed by atoms with Crippen LogP contribution >= 0.6 is 0 Å². The second-order valence-corrected chi connectivity index (χ2v) is 9.85. The van der Waals surface area contributed by atoms with E-state index in [4.69, 9.17) is 9.47 Å². The standard InChI is InChI=1S/C27H31NO4/c1-16-14-26(2,3)28-18-9-8-17-22-20(11-10-19(30)24(22)31-4)32-25(23(17)21(16)18)27(15-29)12-6-5-7-13-27/h5-6,8-11,14,25,28-30H,7,12-13,15H2,1-4H3/t25-,27?/m0/s1. The van der Waals surface area contributed by atoms with Crippen LogP contribution in [0.15, 0.2) is 42.5 Å². The summed E-state index contributed by atoms with van der Waals surface area (Å²) in [6.45, 7) is 6.49. The molecule has 0 radical (unpaired) electrons. The Balaban J connectivity index is 1.83. The van der Waals surface area contributed by atoms with Gasteiger partial charge in [-0.2, -0.15) is 0 Å². The smallest absolute Gasteiger partial charge is 0.172 e. The lowest BCUT2D eigenvalue weighted by molar-refractivity contribution is -0.0121. The third-order valence-electron chi connectivity index (χ3n) is 7.12. The number of allylic oxidation sites excluding steroid dienone is 3. The van der Waals surface area contributed by atoms with E-state index in [1.54, 1.807) is 19.2 Å². The number of fused-ring (bicyclic) bond motifs is 5. The minimum atomic E-state index is -0.422. The Kier molecular flexibility index (Phi) is 4.79. The van der Waals surface area contributed by atoms with E-state index < -0.39 is 5.41 Å². The molecule has 0 saturated heterocycles. The van der Waals surface area contributed by atoms with Gasteiger partial charge in [-0.1, -0.05) is 24.3 Å². The maximum absolute atomic E-state index is 10.7. The first-order valence-corrected chi connectivity index (χ1v) is 11.3. The summed E-state index contributed by atoms with van der Waals surface area (Å²) in [6, 6.07) is 7.61. The van der Waals surface area contributed by atoms with Crippen LogP contribution in [0.1, 0.15) is 57.3 Å². The average Bonchev–Trinajstić information content (AvgIpc) is 2.77. The van der Waals surface area contributed by atoms with Gasteiger partial charge in [0.2, 0.25) is 0 Å². The van der Waals surface area contributed by atoms with Gasteiger partial charge in [-0.25, -0.2) is 0 Å². The van der Waals surface area contributed by atoms with E-state index in [0.29, 0.717) is 11.5 Å². The first kappa shape index (κ1) is 21.0. The molecule has 5 heteroatoms. The third kappa shape index (κ3) is 3.02. The molecule has 2 aromatic rings. The second-order valence-electron chi connectivity index (χ2n) is 9.85. The predicted molar refractivity (Wildman–Crippen MR) is 127 cm³/mol. The van der Waals surface area contributed by atoms with Crippen LogP contribution in [0.25, 0.3) is 16.7 Å². The number of hydrogen-bond acceptors (Lipinski definition) is 5. The van der Waals surface area contributed by atoms with Crippen molar-refractivity contribution in [3.63, 3.8) is 0 Å². The van der Waals surface area contributed by atoms with Gasteiger partial charge in [0.1, 0.15) is 11.9 Å².